The number of benzene rings is 10. The molecule has 0 radical (unpaired) electrons. The van der Waals surface area contributed by atoms with Gasteiger partial charge < -0.3 is 0 Å². The molecule has 0 atom stereocenters. The number of aryl methyl sites for hydroxylation is 14. The summed E-state index contributed by atoms with van der Waals surface area (Å²) in [6, 6.07) is 41.9. The topological polar surface area (TPSA) is 0 Å². The van der Waals surface area contributed by atoms with Crippen molar-refractivity contribution in [2.24, 2.45) is 0 Å². The van der Waals surface area contributed by atoms with Gasteiger partial charge in [0, 0.05) is 62.4 Å². The first-order valence-corrected chi connectivity index (χ1v) is 32.9. The molecule has 16 heteroatoms. The Morgan fingerprint density at radius 2 is 0.312 bits per heavy atom. The Morgan fingerprint density at radius 3 is 0.500 bits per heavy atom. The summed E-state index contributed by atoms with van der Waals surface area (Å²) in [7, 11) is 0. The first-order chi connectivity index (χ1) is 44.4. The Labute approximate surface area is 605 Å². The van der Waals surface area contributed by atoms with E-state index in [1.807, 2.05) is 144 Å². The van der Waals surface area contributed by atoms with Crippen LogP contribution >= 0.6 is 92.8 Å². The largest absolute Gasteiger partial charge is 0.207 e. The third kappa shape index (κ3) is 33.0. The molecule has 0 heterocycles. The number of halogens is 16. The first-order valence-electron chi connectivity index (χ1n) is 29.9. The molecule has 0 bridgehead atoms. The van der Waals surface area contributed by atoms with Crippen molar-refractivity contribution in [2.75, 3.05) is 0 Å². The highest BCUT2D eigenvalue weighted by atomic mass is 35.5. The van der Waals surface area contributed by atoms with Crippen LogP contribution in [0, 0.1) is 185 Å². The van der Waals surface area contributed by atoms with E-state index in [2.05, 4.69) is 12.1 Å². The van der Waals surface area contributed by atoms with E-state index in [1.54, 1.807) is 65.8 Å². The van der Waals surface area contributed by atoms with Crippen LogP contribution in [0.2, 0.25) is 40.2 Å². The molecule has 10 aromatic carbocycles. The molecule has 0 nitrogen and oxygen atoms in total. The third-order valence-corrected chi connectivity index (χ3v) is 17.0. The second-order valence-electron chi connectivity index (χ2n) is 23.1. The van der Waals surface area contributed by atoms with E-state index in [1.165, 1.54) is 73.5 Å². The number of rotatable bonds is 0. The van der Waals surface area contributed by atoms with Crippen molar-refractivity contribution in [3.8, 4) is 0 Å². The molecule has 0 aliphatic heterocycles. The number of hydrogen-bond donors (Lipinski definition) is 0. The predicted molar refractivity (Wildman–Crippen MR) is 399 cm³/mol. The molecule has 0 aromatic heterocycles. The van der Waals surface area contributed by atoms with Crippen molar-refractivity contribution in [3.05, 3.63) is 344 Å². The summed E-state index contributed by atoms with van der Waals surface area (Å²) in [4.78, 5) is 0. The zero-order valence-corrected chi connectivity index (χ0v) is 64.0. The molecule has 0 amide bonds. The monoisotopic (exact) mass is 1480 g/mol. The predicted octanol–water partition coefficient (Wildman–Crippen LogP) is 29.4. The van der Waals surface area contributed by atoms with Crippen molar-refractivity contribution in [3.63, 3.8) is 0 Å². The second kappa shape index (κ2) is 43.4. The van der Waals surface area contributed by atoms with E-state index in [4.69, 9.17) is 92.8 Å². The molecule has 0 fully saturated rings. The molecular weight excluding hydrogens is 1400 g/mol. The van der Waals surface area contributed by atoms with Crippen LogP contribution in [0.1, 0.15) is 111 Å². The molecule has 516 valence electrons. The van der Waals surface area contributed by atoms with Crippen molar-refractivity contribution in [2.45, 2.75) is 138 Å². The summed E-state index contributed by atoms with van der Waals surface area (Å²) in [6.07, 6.45) is 0. The smallest absolute Gasteiger partial charge is 0.129 e. The van der Waals surface area contributed by atoms with E-state index in [0.717, 1.165) is 85.8 Å². The lowest BCUT2D eigenvalue weighted by Crippen LogP contribution is -1.89. The minimum absolute atomic E-state index is 0.0885. The Balaban J connectivity index is 0.000000534. The van der Waals surface area contributed by atoms with Crippen LogP contribution in [0.15, 0.2) is 146 Å². The van der Waals surface area contributed by atoms with Crippen LogP contribution in [0.5, 0.6) is 0 Å². The zero-order chi connectivity index (χ0) is 73.8. The van der Waals surface area contributed by atoms with Gasteiger partial charge in [-0.2, -0.15) is 0 Å². The lowest BCUT2D eigenvalue weighted by atomic mass is 10.1. The van der Waals surface area contributed by atoms with Crippen molar-refractivity contribution in [1.29, 1.82) is 0 Å². The highest BCUT2D eigenvalue weighted by molar-refractivity contribution is 6.36. The average Bonchev–Trinajstić information content (AvgIpc) is 1.18. The first kappa shape index (κ1) is 88.0. The van der Waals surface area contributed by atoms with E-state index in [-0.39, 0.29) is 34.4 Å². The van der Waals surface area contributed by atoms with Gasteiger partial charge in [0.15, 0.2) is 0 Å². The van der Waals surface area contributed by atoms with Crippen LogP contribution in [-0.4, -0.2) is 0 Å². The van der Waals surface area contributed by atoms with Gasteiger partial charge in [-0.05, 0) is 325 Å². The summed E-state index contributed by atoms with van der Waals surface area (Å²) in [5.74, 6) is -2.59. The van der Waals surface area contributed by atoms with Crippen molar-refractivity contribution in [1.82, 2.24) is 0 Å². The molecule has 0 saturated heterocycles. The van der Waals surface area contributed by atoms with Crippen LogP contribution in [0.25, 0.3) is 0 Å². The molecule has 0 N–H and O–H groups in total. The minimum atomic E-state index is -0.475. The van der Waals surface area contributed by atoms with E-state index >= 15 is 0 Å². The number of hydrogen-bond acceptors (Lipinski definition) is 0. The Bertz CT molecular complexity index is 3400. The summed E-state index contributed by atoms with van der Waals surface area (Å²) >= 11 is 46.3. The average molecular weight is 1480 g/mol. The molecular formula is C80H84Cl8F8. The Morgan fingerprint density at radius 1 is 0.156 bits per heavy atom. The van der Waals surface area contributed by atoms with Gasteiger partial charge in [-0.1, -0.05) is 141 Å². The van der Waals surface area contributed by atoms with Crippen molar-refractivity contribution >= 4 is 92.8 Å². The second-order valence-corrected chi connectivity index (χ2v) is 26.4. The Hall–Kier alpha value is -6.04. The lowest BCUT2D eigenvalue weighted by Gasteiger charge is -2.01. The van der Waals surface area contributed by atoms with Crippen LogP contribution < -0.4 is 0 Å². The van der Waals surface area contributed by atoms with Crippen molar-refractivity contribution < 1.29 is 35.1 Å². The van der Waals surface area contributed by atoms with E-state index in [0.29, 0.717) is 43.4 Å². The van der Waals surface area contributed by atoms with Gasteiger partial charge in [-0.25, -0.2) is 35.1 Å². The fraction of sp³-hybridized carbons (Fsp3) is 0.250. The highest BCUT2D eigenvalue weighted by Crippen LogP contribution is 2.27. The Kier molecular flexibility index (Phi) is 39.8. The summed E-state index contributed by atoms with van der Waals surface area (Å²) < 4.78 is 101. The van der Waals surface area contributed by atoms with Crippen LogP contribution in [0.3, 0.4) is 0 Å². The maximum Gasteiger partial charge on any atom is 0.129 e. The van der Waals surface area contributed by atoms with Gasteiger partial charge in [0.1, 0.15) is 46.5 Å². The molecule has 0 saturated carbocycles. The molecule has 0 aliphatic rings. The maximum absolute atomic E-state index is 12.8. The summed E-state index contributed by atoms with van der Waals surface area (Å²) in [5, 5.41) is 5.67. The normalized spacial score (nSPS) is 9.88. The third-order valence-electron chi connectivity index (χ3n) is 13.9. The van der Waals surface area contributed by atoms with Gasteiger partial charge in [0.2, 0.25) is 0 Å². The molecule has 0 unspecified atom stereocenters. The minimum Gasteiger partial charge on any atom is -0.207 e. The fourth-order valence-corrected chi connectivity index (χ4v) is 9.61. The molecule has 0 spiro atoms. The van der Waals surface area contributed by atoms with E-state index < -0.39 is 23.3 Å². The van der Waals surface area contributed by atoms with Gasteiger partial charge >= 0.3 is 0 Å². The summed E-state index contributed by atoms with van der Waals surface area (Å²) in [5.41, 5.74) is 16.3. The zero-order valence-electron chi connectivity index (χ0n) is 57.9. The quantitative estimate of drug-likeness (QED) is 0.133. The van der Waals surface area contributed by atoms with Gasteiger partial charge in [0.05, 0.1) is 0 Å². The van der Waals surface area contributed by atoms with Gasteiger partial charge in [-0.3, -0.25) is 0 Å². The SMILES string of the molecule is Cc1cc(Cl)c(C)c(Cl)c1.Cc1cc(Cl)c(C)c(Cl)c1.Cc1cc(F)c(C)c(Cl)c1.Cc1cc(F)c(C)c(Cl)c1.Cc1cc(F)c(C)c(F)c1.Cc1cc(F)c(C)c(F)c1.Cc1ccc(C)c(Cl)c1.Cc1ccc(C)c(Cl)c1.Cc1ccc(C)c(F)c1.Cc1ccc(C)c(F)c1. The standard InChI is InChI=1S/2C8H8Cl2.2C8H8ClF.2C8H9Cl.2C8H8F2.2C8H9F/c4*1-5-3-7(9)6(2)8(10)4-5;2*1-6-3-4-7(2)8(9)5-6;2*1-5-3-7(9)6(2)8(10)4-5;2*1-6-3-4-7(2)8(9)5-6/h4*3-4H,1-2H3;2*3-5H,1-2H3;2*3-4H,1-2H3;2*3-5H,1-2H3. The molecule has 10 aromatic rings. The van der Waals surface area contributed by atoms with Crippen LogP contribution in [0.4, 0.5) is 35.1 Å². The molecule has 0 aliphatic carbocycles. The fourth-order valence-electron chi connectivity index (χ4n) is 7.42. The van der Waals surface area contributed by atoms with E-state index in [9.17, 15) is 35.1 Å². The lowest BCUT2D eigenvalue weighted by molar-refractivity contribution is 0.565. The van der Waals surface area contributed by atoms with Gasteiger partial charge in [0.25, 0.3) is 0 Å². The summed E-state index contributed by atoms with van der Waals surface area (Å²) in [6.45, 7) is 36.2. The highest BCUT2D eigenvalue weighted by Gasteiger charge is 2.07. The molecule has 10 rings (SSSR count). The maximum atomic E-state index is 12.8. The van der Waals surface area contributed by atoms with Crippen LogP contribution in [-0.2, 0) is 0 Å². The molecule has 96 heavy (non-hydrogen) atoms. The van der Waals surface area contributed by atoms with Gasteiger partial charge in [-0.15, -0.1) is 0 Å².